The number of rotatable bonds is 5. The van der Waals surface area contributed by atoms with E-state index in [-0.39, 0.29) is 15.5 Å². The monoisotopic (exact) mass is 625 g/mol. The van der Waals surface area contributed by atoms with Crippen molar-refractivity contribution in [1.29, 1.82) is 0 Å². The van der Waals surface area contributed by atoms with Crippen LogP contribution in [0.25, 0.3) is 11.1 Å². The first kappa shape index (κ1) is 32.7. The minimum atomic E-state index is -3.78. The molecule has 2 fully saturated rings. The summed E-state index contributed by atoms with van der Waals surface area (Å²) in [6.07, 6.45) is 4.17. The number of anilines is 1. The molecule has 3 aromatic rings. The van der Waals surface area contributed by atoms with Crippen LogP contribution in [0, 0.1) is 0 Å². The number of oxime groups is 1. The molecule has 0 radical (unpaired) electrons. The first-order valence-electron chi connectivity index (χ1n) is 15.4. The molecule has 1 saturated carbocycles. The number of fused-ring (bicyclic) bond motifs is 3. The Morgan fingerprint density at radius 1 is 0.674 bits per heavy atom. The van der Waals surface area contributed by atoms with Crippen LogP contribution in [0.4, 0.5) is 5.69 Å². The van der Waals surface area contributed by atoms with Crippen molar-refractivity contribution in [3.63, 3.8) is 0 Å². The molecule has 232 valence electrons. The van der Waals surface area contributed by atoms with Crippen molar-refractivity contribution >= 4 is 31.3 Å². The minimum Gasteiger partial charge on any atom is -0.410 e. The van der Waals surface area contributed by atoms with Gasteiger partial charge in [-0.05, 0) is 60.4 Å². The molecule has 0 amide bonds. The number of hydrogen-bond acceptors (Lipinski definition) is 7. The lowest BCUT2D eigenvalue weighted by Gasteiger charge is -2.35. The maximum Gasteiger partial charge on any atom is 0.243 e. The maximum absolute atomic E-state index is 13.6. The summed E-state index contributed by atoms with van der Waals surface area (Å²) in [6.45, 7) is 9.89. The number of para-hydroxylation sites is 1. The van der Waals surface area contributed by atoms with Gasteiger partial charge in [0.2, 0.25) is 10.0 Å². The Labute approximate surface area is 257 Å². The van der Waals surface area contributed by atoms with Crippen LogP contribution in [0.3, 0.4) is 0 Å². The Morgan fingerprint density at radius 3 is 1.77 bits per heavy atom. The molecule has 3 aromatic carbocycles. The lowest BCUT2D eigenvalue weighted by Crippen LogP contribution is -2.48. The molecule has 8 nitrogen and oxygen atoms in total. The normalized spacial score (nSPS) is 18.1. The Bertz CT molecular complexity index is 1640. The van der Waals surface area contributed by atoms with Gasteiger partial charge in [0.25, 0.3) is 0 Å². The fraction of sp³-hybridized carbons (Fsp3) is 0.424. The second-order valence-corrected chi connectivity index (χ2v) is 14.6. The summed E-state index contributed by atoms with van der Waals surface area (Å²) in [4.78, 5) is 2.51. The number of piperazine rings is 1. The Hall–Kier alpha value is -3.21. The van der Waals surface area contributed by atoms with Crippen molar-refractivity contribution in [3.8, 4) is 11.1 Å². The van der Waals surface area contributed by atoms with Crippen molar-refractivity contribution in [1.82, 2.24) is 4.31 Å². The van der Waals surface area contributed by atoms with E-state index in [0.29, 0.717) is 55.7 Å². The van der Waals surface area contributed by atoms with Gasteiger partial charge in [-0.3, -0.25) is 0 Å². The number of sulfonamides is 1. The van der Waals surface area contributed by atoms with Gasteiger partial charge >= 0.3 is 0 Å². The van der Waals surface area contributed by atoms with Crippen LogP contribution in [0.2, 0.25) is 0 Å². The van der Waals surface area contributed by atoms with Crippen molar-refractivity contribution in [3.05, 3.63) is 77.9 Å². The fourth-order valence-corrected chi connectivity index (χ4v) is 9.37. The number of benzene rings is 3. The van der Waals surface area contributed by atoms with Gasteiger partial charge < -0.3 is 10.1 Å². The Balaban J connectivity index is 0.00000102. The third-order valence-electron chi connectivity index (χ3n) is 8.20. The van der Waals surface area contributed by atoms with Gasteiger partial charge in [-0.2, -0.15) is 4.31 Å². The lowest BCUT2D eigenvalue weighted by molar-refractivity contribution is 0.320. The summed E-state index contributed by atoms with van der Waals surface area (Å²) in [6, 6.07) is 19.7. The van der Waals surface area contributed by atoms with Gasteiger partial charge in [0, 0.05) is 43.0 Å². The number of nitrogens with zero attached hydrogens (tertiary/aromatic N) is 3. The van der Waals surface area contributed by atoms with Gasteiger partial charge in [0.15, 0.2) is 9.84 Å². The zero-order chi connectivity index (χ0) is 31.2. The smallest absolute Gasteiger partial charge is 0.243 e. The van der Waals surface area contributed by atoms with Crippen LogP contribution in [-0.2, 0) is 19.9 Å². The van der Waals surface area contributed by atoms with Crippen LogP contribution in [0.1, 0.15) is 70.9 Å². The van der Waals surface area contributed by atoms with E-state index in [4.69, 9.17) is 0 Å². The molecule has 1 saturated heterocycles. The lowest BCUT2D eigenvalue weighted by atomic mass is 10.0. The molecular weight excluding hydrogens is 583 g/mol. The van der Waals surface area contributed by atoms with Crippen LogP contribution in [0.5, 0.6) is 0 Å². The third-order valence-corrected chi connectivity index (χ3v) is 12.4. The molecular formula is C33H43N3O5S2. The van der Waals surface area contributed by atoms with Crippen molar-refractivity contribution in [2.24, 2.45) is 5.16 Å². The summed E-state index contributed by atoms with van der Waals surface area (Å²) in [5.41, 5.74) is 3.66. The summed E-state index contributed by atoms with van der Waals surface area (Å²) >= 11 is 0. The minimum absolute atomic E-state index is 0.124. The Kier molecular flexibility index (Phi) is 10.7. The molecule has 0 spiro atoms. The van der Waals surface area contributed by atoms with Gasteiger partial charge in [0.05, 0.1) is 15.0 Å². The highest BCUT2D eigenvalue weighted by Crippen LogP contribution is 2.40. The van der Waals surface area contributed by atoms with Gasteiger partial charge in [-0.1, -0.05) is 82.4 Å². The zero-order valence-corrected chi connectivity index (χ0v) is 27.2. The SMILES string of the molecule is CC.CC.O=S(=O)(c1ccc2c(c1)/C(=N/O)c1cc(S(=O)(=O)N3CCN(c4ccccc4)CC3)ccc1-2)C1CCCCC1. The summed E-state index contributed by atoms with van der Waals surface area (Å²) in [5, 5.41) is 13.0. The van der Waals surface area contributed by atoms with E-state index in [2.05, 4.69) is 10.1 Å². The maximum atomic E-state index is 13.6. The van der Waals surface area contributed by atoms with E-state index in [9.17, 15) is 22.0 Å². The highest BCUT2D eigenvalue weighted by Gasteiger charge is 2.34. The first-order valence-corrected chi connectivity index (χ1v) is 18.3. The fourth-order valence-electron chi connectivity index (χ4n) is 6.04. The predicted octanol–water partition coefficient (Wildman–Crippen LogP) is 6.56. The third kappa shape index (κ3) is 6.37. The molecule has 0 bridgehead atoms. The van der Waals surface area contributed by atoms with Gasteiger partial charge in [-0.15, -0.1) is 0 Å². The van der Waals surface area contributed by atoms with Crippen molar-refractivity contribution in [2.45, 2.75) is 74.8 Å². The molecule has 2 aliphatic carbocycles. The molecule has 3 aliphatic rings. The average molecular weight is 626 g/mol. The van der Waals surface area contributed by atoms with Gasteiger partial charge in [-0.25, -0.2) is 16.8 Å². The van der Waals surface area contributed by atoms with E-state index in [1.54, 1.807) is 36.4 Å². The molecule has 6 rings (SSSR count). The summed E-state index contributed by atoms with van der Waals surface area (Å²) < 4.78 is 55.3. The molecule has 1 aliphatic heterocycles. The van der Waals surface area contributed by atoms with Crippen LogP contribution in [0.15, 0.2) is 81.7 Å². The van der Waals surface area contributed by atoms with Crippen molar-refractivity contribution < 1.29 is 22.0 Å². The quantitative estimate of drug-likeness (QED) is 0.199. The van der Waals surface area contributed by atoms with E-state index in [1.165, 1.54) is 4.31 Å². The highest BCUT2D eigenvalue weighted by molar-refractivity contribution is 7.92. The standard InChI is InChI=1S/C29H31N3O5S2.2C2H6/c33-30-29-27-19-23(38(34,35)22-9-5-2-6-10-22)11-13-25(27)26-14-12-24(20-28(26)29)39(36,37)32-17-15-31(16-18-32)21-7-3-1-4-8-21;2*1-2/h1,3-4,7-8,11-14,19-20,22,33H,2,5-6,9-10,15-18H2;2*1-2H3/b30-29-;;. The van der Waals surface area contributed by atoms with Crippen molar-refractivity contribution in [2.75, 3.05) is 31.1 Å². The molecule has 1 heterocycles. The van der Waals surface area contributed by atoms with E-state index < -0.39 is 25.1 Å². The second-order valence-electron chi connectivity index (χ2n) is 10.4. The highest BCUT2D eigenvalue weighted by atomic mass is 32.2. The molecule has 0 unspecified atom stereocenters. The zero-order valence-electron chi connectivity index (χ0n) is 25.5. The van der Waals surface area contributed by atoms with E-state index in [0.717, 1.165) is 30.5 Å². The summed E-state index contributed by atoms with van der Waals surface area (Å²) in [5.74, 6) is 0. The average Bonchev–Trinajstić information content (AvgIpc) is 3.39. The molecule has 10 heteroatoms. The predicted molar refractivity (Wildman–Crippen MR) is 173 cm³/mol. The van der Waals surface area contributed by atoms with Crippen LogP contribution in [-0.4, -0.2) is 63.5 Å². The molecule has 0 atom stereocenters. The number of sulfone groups is 1. The van der Waals surface area contributed by atoms with E-state index >= 15 is 0 Å². The van der Waals surface area contributed by atoms with Crippen LogP contribution < -0.4 is 4.90 Å². The molecule has 0 aromatic heterocycles. The first-order chi connectivity index (χ1) is 20.8. The number of hydrogen-bond donors (Lipinski definition) is 1. The van der Waals surface area contributed by atoms with E-state index in [1.807, 2.05) is 58.0 Å². The van der Waals surface area contributed by atoms with Crippen LogP contribution >= 0.6 is 0 Å². The largest absolute Gasteiger partial charge is 0.410 e. The molecule has 43 heavy (non-hydrogen) atoms. The second kappa shape index (κ2) is 14.1. The summed E-state index contributed by atoms with van der Waals surface area (Å²) in [7, 11) is -7.30. The molecule has 1 N–H and O–H groups in total. The van der Waals surface area contributed by atoms with Gasteiger partial charge in [0.1, 0.15) is 5.71 Å². The Morgan fingerprint density at radius 2 is 1.21 bits per heavy atom. The topological polar surface area (TPSA) is 107 Å².